The number of nitro groups is 1. The van der Waals surface area contributed by atoms with Crippen molar-refractivity contribution in [1.29, 1.82) is 0 Å². The molecule has 2 aliphatic heterocycles. The number of amides is 1. The summed E-state index contributed by atoms with van der Waals surface area (Å²) < 4.78 is 12.8. The molecule has 4 heterocycles. The first-order valence-electron chi connectivity index (χ1n) is 11.5. The van der Waals surface area contributed by atoms with Gasteiger partial charge in [-0.15, -0.1) is 0 Å². The SMILES string of the molecule is Cc1c(C)c2ccc(OCC(=O)N3CC4CC(C3)c3ccc([N+](=O)[O-])c(=O)n3C4)c(C)c2oc1=O. The van der Waals surface area contributed by atoms with Crippen molar-refractivity contribution >= 4 is 22.6 Å². The number of piperidine rings is 1. The van der Waals surface area contributed by atoms with E-state index in [0.717, 1.165) is 23.1 Å². The molecule has 1 amide bonds. The molecular formula is C25H25N3O7. The summed E-state index contributed by atoms with van der Waals surface area (Å²) >= 11 is 0. The maximum atomic E-state index is 13.0. The quantitative estimate of drug-likeness (QED) is 0.320. The molecule has 0 aliphatic carbocycles. The zero-order valence-electron chi connectivity index (χ0n) is 19.7. The molecule has 2 aliphatic rings. The topological polar surface area (TPSA) is 125 Å². The summed E-state index contributed by atoms with van der Waals surface area (Å²) in [5.74, 6) is 0.257. The zero-order valence-corrected chi connectivity index (χ0v) is 19.7. The number of carbonyl (C=O) groups is 1. The Bertz CT molecular complexity index is 1500. The van der Waals surface area contributed by atoms with Crippen LogP contribution in [0.5, 0.6) is 5.75 Å². The number of aromatic nitrogens is 1. The lowest BCUT2D eigenvalue weighted by molar-refractivity contribution is -0.386. The first-order chi connectivity index (χ1) is 16.7. The van der Waals surface area contributed by atoms with Gasteiger partial charge in [-0.25, -0.2) is 4.79 Å². The minimum Gasteiger partial charge on any atom is -0.483 e. The van der Waals surface area contributed by atoms with Crippen LogP contribution in [-0.2, 0) is 11.3 Å². The third kappa shape index (κ3) is 3.78. The molecule has 10 nitrogen and oxygen atoms in total. The molecule has 35 heavy (non-hydrogen) atoms. The summed E-state index contributed by atoms with van der Waals surface area (Å²) in [4.78, 5) is 49.9. The molecule has 2 unspecified atom stereocenters. The first-order valence-corrected chi connectivity index (χ1v) is 11.5. The Morgan fingerprint density at radius 2 is 1.86 bits per heavy atom. The number of ether oxygens (including phenoxy) is 1. The highest BCUT2D eigenvalue weighted by Crippen LogP contribution is 2.36. The van der Waals surface area contributed by atoms with Gasteiger partial charge < -0.3 is 18.6 Å². The highest BCUT2D eigenvalue weighted by atomic mass is 16.6. The van der Waals surface area contributed by atoms with E-state index in [1.165, 1.54) is 10.6 Å². The van der Waals surface area contributed by atoms with Gasteiger partial charge in [0.15, 0.2) is 6.61 Å². The molecule has 0 radical (unpaired) electrons. The summed E-state index contributed by atoms with van der Waals surface area (Å²) in [5, 5.41) is 12.0. The second-order valence-electron chi connectivity index (χ2n) is 9.41. The van der Waals surface area contributed by atoms with Crippen LogP contribution in [0.25, 0.3) is 11.0 Å². The van der Waals surface area contributed by atoms with Crippen LogP contribution in [0.1, 0.15) is 34.7 Å². The van der Waals surface area contributed by atoms with Crippen LogP contribution in [0.3, 0.4) is 0 Å². The Hall–Kier alpha value is -3.95. The summed E-state index contributed by atoms with van der Waals surface area (Å²) in [6.45, 7) is 6.43. The Balaban J connectivity index is 1.33. The van der Waals surface area contributed by atoms with Gasteiger partial charge in [-0.3, -0.25) is 19.7 Å². The molecular weight excluding hydrogens is 454 g/mol. The standard InChI is InChI=1S/C25H25N3O7/c1-13-14(2)25(31)35-23-15(3)21(7-4-18(13)23)34-12-22(29)26-9-16-8-17(11-26)19-5-6-20(28(32)33)24(30)27(19)10-16/h4-7,16-17H,8-12H2,1-3H3. The van der Waals surface area contributed by atoms with Crippen molar-refractivity contribution in [2.45, 2.75) is 39.7 Å². The fourth-order valence-corrected chi connectivity index (χ4v) is 5.29. The van der Waals surface area contributed by atoms with Gasteiger partial charge in [-0.05, 0) is 56.9 Å². The number of aryl methyl sites for hydroxylation is 2. The lowest BCUT2D eigenvalue weighted by atomic mass is 9.83. The van der Waals surface area contributed by atoms with E-state index in [0.29, 0.717) is 42.1 Å². The van der Waals surface area contributed by atoms with E-state index in [1.807, 2.05) is 13.0 Å². The molecule has 1 aromatic carbocycles. The second-order valence-corrected chi connectivity index (χ2v) is 9.41. The summed E-state index contributed by atoms with van der Waals surface area (Å²) in [6, 6.07) is 6.48. The van der Waals surface area contributed by atoms with Gasteiger partial charge in [-0.1, -0.05) is 0 Å². The zero-order chi connectivity index (χ0) is 25.0. The number of likely N-dealkylation sites (tertiary alicyclic amines) is 1. The van der Waals surface area contributed by atoms with Crippen molar-refractivity contribution < 1.29 is 18.9 Å². The monoisotopic (exact) mass is 479 g/mol. The number of carbonyl (C=O) groups excluding carboxylic acids is 1. The maximum absolute atomic E-state index is 13.0. The first kappa shape index (κ1) is 22.8. The average molecular weight is 479 g/mol. The van der Waals surface area contributed by atoms with E-state index in [9.17, 15) is 24.5 Å². The third-order valence-electron chi connectivity index (χ3n) is 7.31. The molecule has 3 aromatic rings. The van der Waals surface area contributed by atoms with Crippen molar-refractivity contribution in [1.82, 2.24) is 9.47 Å². The lowest BCUT2D eigenvalue weighted by Crippen LogP contribution is -2.50. The number of fused-ring (bicyclic) bond motifs is 5. The van der Waals surface area contributed by atoms with E-state index in [2.05, 4.69) is 0 Å². The van der Waals surface area contributed by atoms with Crippen LogP contribution < -0.4 is 15.9 Å². The number of pyridine rings is 1. The average Bonchev–Trinajstić information content (AvgIpc) is 2.82. The highest BCUT2D eigenvalue weighted by molar-refractivity contribution is 5.86. The Morgan fingerprint density at radius 1 is 1.09 bits per heavy atom. The predicted octanol–water partition coefficient (Wildman–Crippen LogP) is 2.81. The molecule has 1 saturated heterocycles. The molecule has 1 fully saturated rings. The van der Waals surface area contributed by atoms with Gasteiger partial charge in [0.05, 0.1) is 4.92 Å². The van der Waals surface area contributed by atoms with E-state index in [4.69, 9.17) is 9.15 Å². The van der Waals surface area contributed by atoms with E-state index >= 15 is 0 Å². The van der Waals surface area contributed by atoms with E-state index < -0.39 is 21.8 Å². The fourth-order valence-electron chi connectivity index (χ4n) is 5.29. The minimum atomic E-state index is -0.657. The molecule has 2 aromatic heterocycles. The molecule has 10 heteroatoms. The Labute approximate surface area is 199 Å². The molecule has 0 spiro atoms. The van der Waals surface area contributed by atoms with E-state index in [-0.39, 0.29) is 24.3 Å². The summed E-state index contributed by atoms with van der Waals surface area (Å²) in [5.41, 5.74) is 1.84. The Kier molecular flexibility index (Phi) is 5.46. The van der Waals surface area contributed by atoms with Gasteiger partial charge in [0, 0.05) is 53.8 Å². The summed E-state index contributed by atoms with van der Waals surface area (Å²) in [6.07, 6.45) is 0.823. The van der Waals surface area contributed by atoms with Gasteiger partial charge in [0.1, 0.15) is 11.3 Å². The van der Waals surface area contributed by atoms with Crippen molar-refractivity contribution in [2.24, 2.45) is 5.92 Å². The fraction of sp³-hybridized carbons (Fsp3) is 0.400. The normalized spacial score (nSPS) is 18.9. The Morgan fingerprint density at radius 3 is 2.60 bits per heavy atom. The van der Waals surface area contributed by atoms with E-state index in [1.54, 1.807) is 30.9 Å². The van der Waals surface area contributed by atoms with Crippen molar-refractivity contribution in [2.75, 3.05) is 19.7 Å². The van der Waals surface area contributed by atoms with Crippen molar-refractivity contribution in [3.8, 4) is 5.75 Å². The van der Waals surface area contributed by atoms with Crippen LogP contribution >= 0.6 is 0 Å². The lowest BCUT2D eigenvalue weighted by Gasteiger charge is -2.42. The largest absolute Gasteiger partial charge is 0.483 e. The number of benzene rings is 1. The van der Waals surface area contributed by atoms with Gasteiger partial charge in [0.25, 0.3) is 5.91 Å². The minimum absolute atomic E-state index is 0.0350. The number of rotatable bonds is 4. The molecule has 0 N–H and O–H groups in total. The molecule has 2 bridgehead atoms. The number of nitrogens with zero attached hydrogens (tertiary/aromatic N) is 3. The third-order valence-corrected chi connectivity index (χ3v) is 7.31. The smallest absolute Gasteiger partial charge is 0.339 e. The molecule has 5 rings (SSSR count). The van der Waals surface area contributed by atoms with Gasteiger partial charge in [-0.2, -0.15) is 0 Å². The predicted molar refractivity (Wildman–Crippen MR) is 127 cm³/mol. The van der Waals surface area contributed by atoms with Crippen LogP contribution in [0.4, 0.5) is 5.69 Å². The van der Waals surface area contributed by atoms with Crippen LogP contribution in [0.2, 0.25) is 0 Å². The molecule has 182 valence electrons. The summed E-state index contributed by atoms with van der Waals surface area (Å²) in [7, 11) is 0. The maximum Gasteiger partial charge on any atom is 0.339 e. The van der Waals surface area contributed by atoms with Crippen molar-refractivity contribution in [3.05, 3.63) is 77.5 Å². The van der Waals surface area contributed by atoms with Crippen LogP contribution in [0.15, 0.2) is 38.3 Å². The molecule has 0 saturated carbocycles. The van der Waals surface area contributed by atoms with Crippen LogP contribution in [-0.4, -0.2) is 40.0 Å². The van der Waals surface area contributed by atoms with Crippen molar-refractivity contribution in [3.63, 3.8) is 0 Å². The highest BCUT2D eigenvalue weighted by Gasteiger charge is 2.37. The van der Waals surface area contributed by atoms with Crippen LogP contribution in [0, 0.1) is 36.8 Å². The number of hydrogen-bond donors (Lipinski definition) is 0. The van der Waals surface area contributed by atoms with Gasteiger partial charge in [0.2, 0.25) is 0 Å². The second kappa shape index (κ2) is 8.37. The molecule has 2 atom stereocenters. The van der Waals surface area contributed by atoms with Gasteiger partial charge >= 0.3 is 16.9 Å². The number of hydrogen-bond acceptors (Lipinski definition) is 7.